The van der Waals surface area contributed by atoms with Crippen LogP contribution in [0, 0.1) is 0 Å². The van der Waals surface area contributed by atoms with Gasteiger partial charge < -0.3 is 13.4 Å². The Morgan fingerprint density at radius 3 is 1.93 bits per heavy atom. The van der Waals surface area contributed by atoms with Gasteiger partial charge in [-0.2, -0.15) is 0 Å². The van der Waals surface area contributed by atoms with Crippen molar-refractivity contribution in [2.24, 2.45) is 0 Å². The molecule has 0 radical (unpaired) electrons. The molecule has 0 amide bonds. The lowest BCUT2D eigenvalue weighted by molar-refractivity contribution is 0.672. The number of rotatable bonds is 1. The maximum atomic E-state index is 7.08. The molecule has 0 bridgehead atoms. The summed E-state index contributed by atoms with van der Waals surface area (Å²) in [4.78, 5) is 0. The van der Waals surface area contributed by atoms with Crippen LogP contribution in [0.25, 0.3) is 91.5 Å². The van der Waals surface area contributed by atoms with Crippen LogP contribution in [-0.4, -0.2) is 4.57 Å². The smallest absolute Gasteiger partial charge is 0.145 e. The maximum absolute atomic E-state index is 7.08. The number of furan rings is 2. The fourth-order valence-electron chi connectivity index (χ4n) is 6.73. The zero-order chi connectivity index (χ0) is 26.8. The molecule has 10 rings (SSSR count). The van der Waals surface area contributed by atoms with E-state index in [1.165, 1.54) is 0 Å². The molecule has 5 heteroatoms. The minimum absolute atomic E-state index is 0.735. The molecule has 0 aliphatic heterocycles. The standard InChI is InChI=1S/C36H18ClNO2S/c37-26-18-19(17-25-33-31(41-36(25)26)16-14-23-21-8-3-6-12-30(21)40-35(23)33)38-27-10-4-1-9-24(27)32-28(38)15-13-22-20-7-2-5-11-29(20)39-34(22)32/h1-18H. The maximum Gasteiger partial charge on any atom is 0.145 e. The zero-order valence-electron chi connectivity index (χ0n) is 21.4. The molecule has 10 aromatic rings. The molecule has 0 spiro atoms. The van der Waals surface area contributed by atoms with Gasteiger partial charge in [-0.15, -0.1) is 11.3 Å². The first-order chi connectivity index (χ1) is 20.2. The zero-order valence-corrected chi connectivity index (χ0v) is 23.0. The van der Waals surface area contributed by atoms with Crippen molar-refractivity contribution >= 4 is 109 Å². The molecule has 0 unspecified atom stereocenters. The number of hydrogen-bond acceptors (Lipinski definition) is 3. The van der Waals surface area contributed by atoms with Gasteiger partial charge in [-0.25, -0.2) is 0 Å². The molecule has 0 N–H and O–H groups in total. The number of thiophene rings is 1. The lowest BCUT2D eigenvalue weighted by atomic mass is 10.1. The molecule has 4 heterocycles. The van der Waals surface area contributed by atoms with Gasteiger partial charge in [-0.05, 0) is 54.6 Å². The first kappa shape index (κ1) is 22.0. The van der Waals surface area contributed by atoms with E-state index >= 15 is 0 Å². The van der Waals surface area contributed by atoms with E-state index in [9.17, 15) is 0 Å². The number of aromatic nitrogens is 1. The normalized spacial score (nSPS) is 12.5. The summed E-state index contributed by atoms with van der Waals surface area (Å²) in [5.41, 5.74) is 6.83. The average molecular weight is 564 g/mol. The lowest BCUT2D eigenvalue weighted by Gasteiger charge is -2.09. The molecule has 41 heavy (non-hydrogen) atoms. The van der Waals surface area contributed by atoms with Crippen LogP contribution in [0.2, 0.25) is 5.02 Å². The SMILES string of the molecule is Clc1cc(-n2c3ccccc3c3c4oc5ccccc5c4ccc32)cc2c1sc1ccc3c4ccccc4oc3c12. The van der Waals surface area contributed by atoms with E-state index in [1.54, 1.807) is 11.3 Å². The lowest BCUT2D eigenvalue weighted by Crippen LogP contribution is -1.93. The van der Waals surface area contributed by atoms with Crippen molar-refractivity contribution < 1.29 is 8.83 Å². The Labute approximate surface area is 241 Å². The monoisotopic (exact) mass is 563 g/mol. The van der Waals surface area contributed by atoms with Gasteiger partial charge in [-0.3, -0.25) is 0 Å². The van der Waals surface area contributed by atoms with Crippen LogP contribution in [0.5, 0.6) is 0 Å². The van der Waals surface area contributed by atoms with Crippen LogP contribution in [0.1, 0.15) is 0 Å². The van der Waals surface area contributed by atoms with Crippen LogP contribution in [-0.2, 0) is 0 Å². The second-order valence-corrected chi connectivity index (χ2v) is 12.1. The van der Waals surface area contributed by atoms with Crippen molar-refractivity contribution in [3.05, 3.63) is 114 Å². The van der Waals surface area contributed by atoms with Crippen LogP contribution in [0.4, 0.5) is 0 Å². The van der Waals surface area contributed by atoms with E-state index < -0.39 is 0 Å². The second kappa shape index (κ2) is 7.70. The van der Waals surface area contributed by atoms with Gasteiger partial charge in [0.1, 0.15) is 22.3 Å². The summed E-state index contributed by atoms with van der Waals surface area (Å²) < 4.78 is 17.5. The molecule has 0 saturated carbocycles. The summed E-state index contributed by atoms with van der Waals surface area (Å²) in [6, 6.07) is 38.1. The largest absolute Gasteiger partial charge is 0.455 e. The van der Waals surface area contributed by atoms with Crippen LogP contribution < -0.4 is 0 Å². The first-order valence-corrected chi connectivity index (χ1v) is 14.7. The summed E-state index contributed by atoms with van der Waals surface area (Å²) in [5, 5.41) is 9.72. The van der Waals surface area contributed by atoms with Crippen LogP contribution >= 0.6 is 22.9 Å². The van der Waals surface area contributed by atoms with Crippen molar-refractivity contribution in [1.29, 1.82) is 0 Å². The topological polar surface area (TPSA) is 31.2 Å². The van der Waals surface area contributed by atoms with Gasteiger partial charge in [0.05, 0.1) is 26.1 Å². The van der Waals surface area contributed by atoms with E-state index in [1.807, 2.05) is 24.3 Å². The summed E-state index contributed by atoms with van der Waals surface area (Å²) >= 11 is 8.79. The fraction of sp³-hybridized carbons (Fsp3) is 0. The molecule has 6 aromatic carbocycles. The highest BCUT2D eigenvalue weighted by Crippen LogP contribution is 2.46. The average Bonchev–Trinajstić information content (AvgIpc) is 3.75. The molecule has 0 atom stereocenters. The molecule has 3 nitrogen and oxygen atoms in total. The number of nitrogens with zero attached hydrogens (tertiary/aromatic N) is 1. The molecule has 4 aromatic heterocycles. The highest BCUT2D eigenvalue weighted by molar-refractivity contribution is 7.26. The van der Waals surface area contributed by atoms with Crippen LogP contribution in [0.3, 0.4) is 0 Å². The number of benzene rings is 6. The Kier molecular flexibility index (Phi) is 4.13. The Morgan fingerprint density at radius 1 is 0.537 bits per heavy atom. The van der Waals surface area contributed by atoms with Gasteiger partial charge in [-0.1, -0.05) is 66.2 Å². The van der Waals surface area contributed by atoms with Gasteiger partial charge in [0.15, 0.2) is 0 Å². The van der Waals surface area contributed by atoms with E-state index in [4.69, 9.17) is 20.4 Å². The predicted octanol–water partition coefficient (Wildman–Crippen LogP) is 11.6. The van der Waals surface area contributed by atoms with Gasteiger partial charge in [0, 0.05) is 48.1 Å². The van der Waals surface area contributed by atoms with E-state index in [0.717, 1.165) is 96.6 Å². The van der Waals surface area contributed by atoms with Crippen molar-refractivity contribution in [2.45, 2.75) is 0 Å². The van der Waals surface area contributed by atoms with Gasteiger partial charge in [0.2, 0.25) is 0 Å². The number of para-hydroxylation sites is 3. The summed E-state index contributed by atoms with van der Waals surface area (Å²) in [5.74, 6) is 0. The van der Waals surface area contributed by atoms with Crippen molar-refractivity contribution in [2.75, 3.05) is 0 Å². The third-order valence-electron chi connectivity index (χ3n) is 8.46. The molecule has 0 aliphatic rings. The minimum Gasteiger partial charge on any atom is -0.455 e. The number of hydrogen-bond donors (Lipinski definition) is 0. The van der Waals surface area contributed by atoms with Crippen molar-refractivity contribution in [3.8, 4) is 5.69 Å². The third kappa shape index (κ3) is 2.78. The summed E-state index contributed by atoms with van der Waals surface area (Å²) in [6.07, 6.45) is 0. The minimum atomic E-state index is 0.735. The summed E-state index contributed by atoms with van der Waals surface area (Å²) in [6.45, 7) is 0. The molecule has 0 aliphatic carbocycles. The summed E-state index contributed by atoms with van der Waals surface area (Å²) in [7, 11) is 0. The predicted molar refractivity (Wildman–Crippen MR) is 173 cm³/mol. The Balaban J connectivity index is 1.35. The third-order valence-corrected chi connectivity index (χ3v) is 10.1. The fourth-order valence-corrected chi connectivity index (χ4v) is 8.15. The second-order valence-electron chi connectivity index (χ2n) is 10.6. The molecular weight excluding hydrogens is 546 g/mol. The Hall–Kier alpha value is -4.77. The molecular formula is C36H18ClNO2S. The van der Waals surface area contributed by atoms with E-state index in [-0.39, 0.29) is 0 Å². The van der Waals surface area contributed by atoms with E-state index in [0.29, 0.717) is 0 Å². The highest BCUT2D eigenvalue weighted by atomic mass is 35.5. The molecule has 0 saturated heterocycles. The first-order valence-electron chi connectivity index (χ1n) is 13.5. The molecule has 192 valence electrons. The van der Waals surface area contributed by atoms with Crippen LogP contribution in [0.15, 0.2) is 118 Å². The number of halogens is 1. The molecule has 0 fully saturated rings. The van der Waals surface area contributed by atoms with Crippen molar-refractivity contribution in [3.63, 3.8) is 0 Å². The quantitative estimate of drug-likeness (QED) is 0.199. The Morgan fingerprint density at radius 2 is 1.17 bits per heavy atom. The Bertz CT molecular complexity index is 2720. The van der Waals surface area contributed by atoms with Crippen molar-refractivity contribution in [1.82, 2.24) is 4.57 Å². The van der Waals surface area contributed by atoms with Gasteiger partial charge in [0.25, 0.3) is 0 Å². The van der Waals surface area contributed by atoms with Gasteiger partial charge >= 0.3 is 0 Å². The van der Waals surface area contributed by atoms with E-state index in [2.05, 4.69) is 89.5 Å². The highest BCUT2D eigenvalue weighted by Gasteiger charge is 2.21. The number of fused-ring (bicyclic) bond motifs is 14.